The molecule has 0 bridgehead atoms. The van der Waals surface area contributed by atoms with Crippen molar-refractivity contribution in [1.82, 2.24) is 14.8 Å². The number of nitrogens with zero attached hydrogens (tertiary/aromatic N) is 4. The van der Waals surface area contributed by atoms with Crippen molar-refractivity contribution in [3.05, 3.63) is 42.5 Å². The van der Waals surface area contributed by atoms with Gasteiger partial charge in [0.05, 0.1) is 12.4 Å². The fraction of sp³-hybridized carbons (Fsp3) is 0.286. The van der Waals surface area contributed by atoms with Crippen molar-refractivity contribution in [3.8, 4) is 17.2 Å². The molecular weight excluding hydrogens is 418 g/mol. The molecule has 0 saturated heterocycles. The van der Waals surface area contributed by atoms with Gasteiger partial charge in [-0.15, -0.1) is 10.2 Å². The number of anilines is 3. The second-order valence-corrected chi connectivity index (χ2v) is 7.86. The van der Waals surface area contributed by atoms with Gasteiger partial charge in [-0.2, -0.15) is 0 Å². The van der Waals surface area contributed by atoms with Crippen LogP contribution in [0.3, 0.4) is 0 Å². The zero-order valence-corrected chi connectivity index (χ0v) is 17.7. The molecule has 3 heterocycles. The molecule has 9 nitrogen and oxygen atoms in total. The van der Waals surface area contributed by atoms with E-state index in [4.69, 9.17) is 14.2 Å². The Morgan fingerprint density at radius 2 is 1.97 bits per heavy atom. The van der Waals surface area contributed by atoms with Crippen LogP contribution in [0.2, 0.25) is 0 Å². The highest BCUT2D eigenvalue weighted by molar-refractivity contribution is 7.99. The number of hydrogen-bond donors (Lipinski definition) is 1. The second kappa shape index (κ2) is 8.38. The summed E-state index contributed by atoms with van der Waals surface area (Å²) in [7, 11) is 0. The molecule has 2 aliphatic heterocycles. The van der Waals surface area contributed by atoms with E-state index < -0.39 is 0 Å². The molecule has 10 heteroatoms. The van der Waals surface area contributed by atoms with Gasteiger partial charge in [-0.1, -0.05) is 11.8 Å². The van der Waals surface area contributed by atoms with E-state index >= 15 is 0 Å². The maximum Gasteiger partial charge on any atom is 0.234 e. The number of fused-ring (bicyclic) bond motifs is 2. The number of nitrogens with one attached hydrogen (secondary N) is 1. The zero-order chi connectivity index (χ0) is 21.2. The molecule has 0 saturated carbocycles. The smallest absolute Gasteiger partial charge is 0.234 e. The Hall–Kier alpha value is -3.40. The maximum absolute atomic E-state index is 12.4. The summed E-state index contributed by atoms with van der Waals surface area (Å²) in [6.45, 7) is 4.37. The first kappa shape index (κ1) is 19.6. The Morgan fingerprint density at radius 3 is 2.81 bits per heavy atom. The standard InChI is InChI=1S/C21H21N5O4S/c1-2-28-16-6-4-15(5-7-16)25-9-10-26-20(25)23-24-21(26)31-12-19(27)22-14-3-8-17-18(11-14)30-13-29-17/h3-8,11H,2,9-10,12-13H2,1H3,(H,22,27). The van der Waals surface area contributed by atoms with E-state index in [0.717, 1.165) is 35.6 Å². The number of rotatable bonds is 7. The first-order chi connectivity index (χ1) is 15.2. The number of benzene rings is 2. The average molecular weight is 439 g/mol. The molecule has 0 radical (unpaired) electrons. The number of hydrogen-bond acceptors (Lipinski definition) is 8. The summed E-state index contributed by atoms with van der Waals surface area (Å²) in [4.78, 5) is 14.5. The number of aromatic nitrogens is 3. The minimum Gasteiger partial charge on any atom is -0.494 e. The predicted molar refractivity (Wildman–Crippen MR) is 117 cm³/mol. The molecule has 2 aliphatic rings. The lowest BCUT2D eigenvalue weighted by molar-refractivity contribution is -0.113. The Labute approximate surface area is 183 Å². The van der Waals surface area contributed by atoms with Crippen LogP contribution in [-0.2, 0) is 11.3 Å². The fourth-order valence-corrected chi connectivity index (χ4v) is 4.28. The predicted octanol–water partition coefficient (Wildman–Crippen LogP) is 3.29. The summed E-state index contributed by atoms with van der Waals surface area (Å²) < 4.78 is 18.2. The molecule has 0 unspecified atom stereocenters. The van der Waals surface area contributed by atoms with E-state index in [-0.39, 0.29) is 18.5 Å². The van der Waals surface area contributed by atoms with E-state index in [0.29, 0.717) is 23.8 Å². The topological polar surface area (TPSA) is 90.7 Å². The molecule has 0 atom stereocenters. The van der Waals surface area contributed by atoms with Gasteiger partial charge in [-0.05, 0) is 43.3 Å². The van der Waals surface area contributed by atoms with Gasteiger partial charge in [0.2, 0.25) is 18.6 Å². The van der Waals surface area contributed by atoms with Crippen molar-refractivity contribution in [1.29, 1.82) is 0 Å². The third-order valence-electron chi connectivity index (χ3n) is 4.93. The van der Waals surface area contributed by atoms with Crippen molar-refractivity contribution < 1.29 is 19.0 Å². The van der Waals surface area contributed by atoms with Crippen LogP contribution in [0.5, 0.6) is 17.2 Å². The van der Waals surface area contributed by atoms with Crippen molar-refractivity contribution >= 4 is 35.0 Å². The summed E-state index contributed by atoms with van der Waals surface area (Å²) in [5.41, 5.74) is 1.70. The van der Waals surface area contributed by atoms with E-state index in [2.05, 4.69) is 20.4 Å². The van der Waals surface area contributed by atoms with Crippen LogP contribution in [0.1, 0.15) is 6.92 Å². The van der Waals surface area contributed by atoms with E-state index in [1.165, 1.54) is 11.8 Å². The third kappa shape index (κ3) is 3.98. The molecule has 1 amide bonds. The number of thioether (sulfide) groups is 1. The second-order valence-electron chi connectivity index (χ2n) is 6.92. The van der Waals surface area contributed by atoms with Crippen molar-refractivity contribution in [2.45, 2.75) is 18.6 Å². The van der Waals surface area contributed by atoms with Crippen LogP contribution in [0.4, 0.5) is 17.3 Å². The quantitative estimate of drug-likeness (QED) is 0.561. The van der Waals surface area contributed by atoms with E-state index in [1.807, 2.05) is 35.8 Å². The summed E-state index contributed by atoms with van der Waals surface area (Å²) >= 11 is 1.37. The molecule has 0 spiro atoms. The summed E-state index contributed by atoms with van der Waals surface area (Å²) in [5, 5.41) is 12.2. The molecule has 5 rings (SSSR count). The molecule has 0 fully saturated rings. The van der Waals surface area contributed by atoms with Crippen molar-refractivity contribution in [2.24, 2.45) is 0 Å². The van der Waals surface area contributed by atoms with Crippen molar-refractivity contribution in [3.63, 3.8) is 0 Å². The lowest BCUT2D eigenvalue weighted by atomic mass is 10.3. The summed E-state index contributed by atoms with van der Waals surface area (Å²) in [6.07, 6.45) is 0. The highest BCUT2D eigenvalue weighted by Gasteiger charge is 2.26. The van der Waals surface area contributed by atoms with Crippen molar-refractivity contribution in [2.75, 3.05) is 35.9 Å². The van der Waals surface area contributed by atoms with E-state index in [1.54, 1.807) is 18.2 Å². The van der Waals surface area contributed by atoms with Gasteiger partial charge in [-0.3, -0.25) is 9.36 Å². The number of ether oxygens (including phenoxy) is 3. The zero-order valence-electron chi connectivity index (χ0n) is 16.9. The lowest BCUT2D eigenvalue weighted by Crippen LogP contribution is -2.14. The first-order valence-corrected chi connectivity index (χ1v) is 11.0. The number of carbonyl (C=O) groups is 1. The first-order valence-electron chi connectivity index (χ1n) is 9.97. The number of amides is 1. The number of carbonyl (C=O) groups excluding carboxylic acids is 1. The van der Waals surface area contributed by atoms with Gasteiger partial charge >= 0.3 is 0 Å². The van der Waals surface area contributed by atoms with Crippen LogP contribution in [0.25, 0.3) is 0 Å². The Bertz CT molecular complexity index is 1100. The van der Waals surface area contributed by atoms with E-state index in [9.17, 15) is 4.79 Å². The lowest BCUT2D eigenvalue weighted by Gasteiger charge is -2.15. The van der Waals surface area contributed by atoms with Crippen LogP contribution >= 0.6 is 11.8 Å². The SMILES string of the molecule is CCOc1ccc(N2CCn3c(SCC(=O)Nc4ccc5c(c4)OCO5)nnc32)cc1. The largest absolute Gasteiger partial charge is 0.494 e. The monoisotopic (exact) mass is 439 g/mol. The van der Waals surface area contributed by atoms with Crippen LogP contribution < -0.4 is 24.4 Å². The molecule has 1 aromatic heterocycles. The summed E-state index contributed by atoms with van der Waals surface area (Å²) in [5.74, 6) is 3.05. The van der Waals surface area contributed by atoms with Crippen LogP contribution in [-0.4, -0.2) is 46.4 Å². The molecule has 2 aromatic carbocycles. The van der Waals surface area contributed by atoms with Gasteiger partial charge in [0.25, 0.3) is 0 Å². The minimum absolute atomic E-state index is 0.123. The molecule has 3 aromatic rings. The maximum atomic E-state index is 12.4. The van der Waals surface area contributed by atoms with Gasteiger partial charge in [-0.25, -0.2) is 0 Å². The minimum atomic E-state index is -0.123. The Balaban J connectivity index is 1.21. The van der Waals surface area contributed by atoms with Gasteiger partial charge in [0.15, 0.2) is 16.7 Å². The summed E-state index contributed by atoms with van der Waals surface area (Å²) in [6, 6.07) is 13.3. The van der Waals surface area contributed by atoms with Gasteiger partial charge < -0.3 is 24.4 Å². The molecular formula is C21H21N5O4S. The average Bonchev–Trinajstić information content (AvgIpc) is 3.50. The molecule has 160 valence electrons. The van der Waals surface area contributed by atoms with Gasteiger partial charge in [0.1, 0.15) is 5.75 Å². The van der Waals surface area contributed by atoms with Gasteiger partial charge in [0, 0.05) is 30.5 Å². The molecule has 31 heavy (non-hydrogen) atoms. The van der Waals surface area contributed by atoms with Crippen LogP contribution in [0, 0.1) is 0 Å². The molecule has 1 N–H and O–H groups in total. The molecule has 0 aliphatic carbocycles. The Morgan fingerprint density at radius 1 is 1.13 bits per heavy atom. The third-order valence-corrected chi connectivity index (χ3v) is 5.90. The fourth-order valence-electron chi connectivity index (χ4n) is 3.52. The normalized spacial score (nSPS) is 13.9. The Kier molecular flexibility index (Phi) is 5.29. The highest BCUT2D eigenvalue weighted by Crippen LogP contribution is 2.35. The highest BCUT2D eigenvalue weighted by atomic mass is 32.2. The van der Waals surface area contributed by atoms with Crippen LogP contribution in [0.15, 0.2) is 47.6 Å².